The highest BCUT2D eigenvalue weighted by atomic mass is 16.3. The van der Waals surface area contributed by atoms with Crippen LogP contribution in [0.3, 0.4) is 0 Å². The fraction of sp³-hybridized carbons (Fsp3) is 0.500. The second-order valence-corrected chi connectivity index (χ2v) is 4.02. The van der Waals surface area contributed by atoms with E-state index in [-0.39, 0.29) is 18.8 Å². The third-order valence-corrected chi connectivity index (χ3v) is 2.66. The van der Waals surface area contributed by atoms with E-state index < -0.39 is 12.2 Å². The van der Waals surface area contributed by atoms with E-state index in [2.05, 4.69) is 0 Å². The van der Waals surface area contributed by atoms with Crippen LogP contribution in [0.1, 0.15) is 29.2 Å². The van der Waals surface area contributed by atoms with E-state index in [4.69, 9.17) is 5.11 Å². The highest BCUT2D eigenvalue weighted by Crippen LogP contribution is 2.28. The summed E-state index contributed by atoms with van der Waals surface area (Å²) in [7, 11) is 0. The molecule has 0 amide bonds. The maximum atomic E-state index is 9.93. The molecule has 0 heterocycles. The summed E-state index contributed by atoms with van der Waals surface area (Å²) in [4.78, 5) is 0. The molecule has 0 aliphatic carbocycles. The van der Waals surface area contributed by atoms with Crippen molar-refractivity contribution in [2.24, 2.45) is 0 Å². The zero-order valence-electron chi connectivity index (χ0n) is 9.51. The van der Waals surface area contributed by atoms with Crippen molar-refractivity contribution in [1.82, 2.24) is 0 Å². The van der Waals surface area contributed by atoms with E-state index in [9.17, 15) is 15.3 Å². The second kappa shape index (κ2) is 5.30. The minimum absolute atomic E-state index is 0.126. The topological polar surface area (TPSA) is 80.9 Å². The molecule has 4 heteroatoms. The molecule has 1 aromatic rings. The lowest BCUT2D eigenvalue weighted by Gasteiger charge is -2.21. The Morgan fingerprint density at radius 1 is 1.12 bits per heavy atom. The molecule has 0 aliphatic heterocycles. The molecule has 4 nitrogen and oxygen atoms in total. The van der Waals surface area contributed by atoms with Crippen LogP contribution in [0.25, 0.3) is 0 Å². The van der Waals surface area contributed by atoms with Gasteiger partial charge in [0.1, 0.15) is 11.9 Å². The molecule has 0 aliphatic rings. The summed E-state index contributed by atoms with van der Waals surface area (Å²) in [5.74, 6) is 0.141. The summed E-state index contributed by atoms with van der Waals surface area (Å²) in [6, 6.07) is 3.08. The average molecular weight is 226 g/mol. The van der Waals surface area contributed by atoms with Crippen molar-refractivity contribution >= 4 is 0 Å². The van der Waals surface area contributed by atoms with E-state index in [1.165, 1.54) is 12.1 Å². The first-order valence-corrected chi connectivity index (χ1v) is 5.24. The van der Waals surface area contributed by atoms with Crippen LogP contribution in [0.15, 0.2) is 12.1 Å². The maximum absolute atomic E-state index is 9.93. The van der Waals surface area contributed by atoms with Crippen molar-refractivity contribution in [3.8, 4) is 5.75 Å². The van der Waals surface area contributed by atoms with Crippen LogP contribution in [0.5, 0.6) is 5.75 Å². The molecule has 2 unspecified atom stereocenters. The Hall–Kier alpha value is -1.10. The Morgan fingerprint density at radius 2 is 1.62 bits per heavy atom. The van der Waals surface area contributed by atoms with Crippen LogP contribution in [0, 0.1) is 13.8 Å². The van der Waals surface area contributed by atoms with E-state index in [0.29, 0.717) is 5.56 Å². The Labute approximate surface area is 94.8 Å². The van der Waals surface area contributed by atoms with Crippen LogP contribution in [0.4, 0.5) is 0 Å². The van der Waals surface area contributed by atoms with Gasteiger partial charge in [-0.1, -0.05) is 0 Å². The molecular weight excluding hydrogens is 208 g/mol. The molecular formula is C12H18O4. The molecule has 1 rings (SSSR count). The molecule has 4 N–H and O–H groups in total. The number of aliphatic hydroxyl groups is 3. The number of hydrogen-bond acceptors (Lipinski definition) is 4. The number of aryl methyl sites for hydroxylation is 2. The van der Waals surface area contributed by atoms with Crippen LogP contribution in [-0.2, 0) is 0 Å². The smallest absolute Gasteiger partial charge is 0.116 e. The van der Waals surface area contributed by atoms with Crippen molar-refractivity contribution in [2.75, 3.05) is 6.61 Å². The Kier molecular flexibility index (Phi) is 4.29. The fourth-order valence-electron chi connectivity index (χ4n) is 1.90. The van der Waals surface area contributed by atoms with Gasteiger partial charge in [-0.05, 0) is 49.1 Å². The molecule has 0 bridgehead atoms. The first-order valence-electron chi connectivity index (χ1n) is 5.24. The van der Waals surface area contributed by atoms with Crippen molar-refractivity contribution in [3.63, 3.8) is 0 Å². The lowest BCUT2D eigenvalue weighted by atomic mass is 9.93. The highest BCUT2D eigenvalue weighted by Gasteiger charge is 2.21. The van der Waals surface area contributed by atoms with Gasteiger partial charge in [-0.25, -0.2) is 0 Å². The van der Waals surface area contributed by atoms with Crippen molar-refractivity contribution in [3.05, 3.63) is 28.8 Å². The zero-order chi connectivity index (χ0) is 12.3. The van der Waals surface area contributed by atoms with Crippen molar-refractivity contribution in [2.45, 2.75) is 32.5 Å². The van der Waals surface area contributed by atoms with Gasteiger partial charge in [-0.3, -0.25) is 0 Å². The van der Waals surface area contributed by atoms with E-state index in [0.717, 1.165) is 11.1 Å². The lowest BCUT2D eigenvalue weighted by Crippen LogP contribution is -2.21. The largest absolute Gasteiger partial charge is 0.508 e. The van der Waals surface area contributed by atoms with Gasteiger partial charge in [-0.2, -0.15) is 0 Å². The molecule has 0 aromatic heterocycles. The molecule has 0 saturated carbocycles. The Bertz CT molecular complexity index is 339. The summed E-state index contributed by atoms with van der Waals surface area (Å²) < 4.78 is 0. The van der Waals surface area contributed by atoms with E-state index in [1.807, 2.05) is 0 Å². The van der Waals surface area contributed by atoms with Gasteiger partial charge in [0.15, 0.2) is 0 Å². The molecule has 1 aromatic carbocycles. The van der Waals surface area contributed by atoms with Crippen LogP contribution in [-0.4, -0.2) is 33.1 Å². The SMILES string of the molecule is Cc1cc(O)cc(C)c1C(O)C(O)CCO. The number of aromatic hydroxyl groups is 1. The third kappa shape index (κ3) is 2.72. The zero-order valence-corrected chi connectivity index (χ0v) is 9.51. The van der Waals surface area contributed by atoms with Crippen LogP contribution >= 0.6 is 0 Å². The van der Waals surface area contributed by atoms with Crippen molar-refractivity contribution < 1.29 is 20.4 Å². The van der Waals surface area contributed by atoms with Gasteiger partial charge in [0.2, 0.25) is 0 Å². The Balaban J connectivity index is 3.03. The minimum atomic E-state index is -1.03. The molecule has 0 saturated heterocycles. The van der Waals surface area contributed by atoms with Gasteiger partial charge in [0.05, 0.1) is 6.10 Å². The summed E-state index contributed by atoms with van der Waals surface area (Å²) >= 11 is 0. The number of phenols is 1. The van der Waals surface area contributed by atoms with E-state index in [1.54, 1.807) is 13.8 Å². The number of aliphatic hydroxyl groups excluding tert-OH is 3. The predicted octanol–water partition coefficient (Wildman–Crippen LogP) is 0.786. The molecule has 16 heavy (non-hydrogen) atoms. The van der Waals surface area contributed by atoms with Crippen molar-refractivity contribution in [1.29, 1.82) is 0 Å². The van der Waals surface area contributed by atoms with Gasteiger partial charge >= 0.3 is 0 Å². The number of rotatable bonds is 4. The summed E-state index contributed by atoms with van der Waals surface area (Å²) in [6.07, 6.45) is -1.90. The summed E-state index contributed by atoms with van der Waals surface area (Å²) in [5, 5.41) is 37.6. The predicted molar refractivity (Wildman–Crippen MR) is 60.3 cm³/mol. The first kappa shape index (κ1) is 13.0. The normalized spacial score (nSPS) is 14.8. The highest BCUT2D eigenvalue weighted by molar-refractivity contribution is 5.42. The third-order valence-electron chi connectivity index (χ3n) is 2.66. The molecule has 2 atom stereocenters. The van der Waals surface area contributed by atoms with Gasteiger partial charge in [0.25, 0.3) is 0 Å². The quantitative estimate of drug-likeness (QED) is 0.611. The number of benzene rings is 1. The maximum Gasteiger partial charge on any atom is 0.116 e. The summed E-state index contributed by atoms with van der Waals surface area (Å²) in [5.41, 5.74) is 2.06. The first-order chi connectivity index (χ1) is 7.47. The standard InChI is InChI=1S/C12H18O4/c1-7-5-9(14)6-8(2)11(7)12(16)10(15)3-4-13/h5-6,10,12-16H,3-4H2,1-2H3. The molecule has 0 fully saturated rings. The fourth-order valence-corrected chi connectivity index (χ4v) is 1.90. The number of phenolic OH excluding ortho intramolecular Hbond substituents is 1. The van der Waals surface area contributed by atoms with E-state index >= 15 is 0 Å². The number of hydrogen-bond donors (Lipinski definition) is 4. The average Bonchev–Trinajstić information content (AvgIpc) is 2.16. The van der Waals surface area contributed by atoms with Crippen LogP contribution in [0.2, 0.25) is 0 Å². The Morgan fingerprint density at radius 3 is 2.06 bits per heavy atom. The molecule has 0 radical (unpaired) electrons. The minimum Gasteiger partial charge on any atom is -0.508 e. The molecule has 0 spiro atoms. The monoisotopic (exact) mass is 226 g/mol. The van der Waals surface area contributed by atoms with Gasteiger partial charge in [0, 0.05) is 6.61 Å². The molecule has 90 valence electrons. The lowest BCUT2D eigenvalue weighted by molar-refractivity contribution is 0.00352. The summed E-state index contributed by atoms with van der Waals surface area (Å²) in [6.45, 7) is 3.35. The second-order valence-electron chi connectivity index (χ2n) is 4.02. The van der Waals surface area contributed by atoms with Gasteiger partial charge in [-0.15, -0.1) is 0 Å². The van der Waals surface area contributed by atoms with Gasteiger partial charge < -0.3 is 20.4 Å². The van der Waals surface area contributed by atoms with Crippen LogP contribution < -0.4 is 0 Å².